The number of nitrogens with zero attached hydrogens (tertiary/aromatic N) is 2. The van der Waals surface area contributed by atoms with Gasteiger partial charge in [0.15, 0.2) is 5.16 Å². The van der Waals surface area contributed by atoms with Gasteiger partial charge in [-0.05, 0) is 31.0 Å². The van der Waals surface area contributed by atoms with Gasteiger partial charge in [0, 0.05) is 25.5 Å². The first kappa shape index (κ1) is 16.0. The fourth-order valence-corrected chi connectivity index (χ4v) is 3.24. The third-order valence-corrected chi connectivity index (χ3v) is 4.54. The zero-order chi connectivity index (χ0) is 16.1. The van der Waals surface area contributed by atoms with Crippen molar-refractivity contribution in [2.45, 2.75) is 24.1 Å². The molecule has 1 saturated heterocycles. The Balaban J connectivity index is 1.54. The number of carbonyl (C=O) groups excluding carboxylic acids is 1. The maximum absolute atomic E-state index is 13.3. The monoisotopic (exact) mass is 335 g/mol. The Morgan fingerprint density at radius 3 is 3.22 bits per heavy atom. The number of rotatable bonds is 6. The summed E-state index contributed by atoms with van der Waals surface area (Å²) < 4.78 is 20.6. The third kappa shape index (κ3) is 4.33. The van der Waals surface area contributed by atoms with E-state index in [2.05, 4.69) is 10.3 Å². The highest BCUT2D eigenvalue weighted by atomic mass is 32.2. The summed E-state index contributed by atoms with van der Waals surface area (Å²) in [5.41, 5.74) is 0.685. The summed E-state index contributed by atoms with van der Waals surface area (Å²) in [6.45, 7) is 1.33. The van der Waals surface area contributed by atoms with Crippen LogP contribution in [-0.2, 0) is 9.53 Å². The van der Waals surface area contributed by atoms with Crippen molar-refractivity contribution in [3.63, 3.8) is 0 Å². The van der Waals surface area contributed by atoms with Gasteiger partial charge in [-0.1, -0.05) is 17.8 Å². The molecule has 2 aromatic rings. The largest absolute Gasteiger partial charge is 0.376 e. The molecule has 1 aliphatic rings. The Labute approximate surface area is 138 Å². The van der Waals surface area contributed by atoms with Crippen LogP contribution in [0.3, 0.4) is 0 Å². The third-order valence-electron chi connectivity index (χ3n) is 3.58. The molecule has 0 aliphatic carbocycles. The van der Waals surface area contributed by atoms with Crippen molar-refractivity contribution in [3.05, 3.63) is 42.5 Å². The van der Waals surface area contributed by atoms with Gasteiger partial charge in [0.1, 0.15) is 5.82 Å². The molecule has 1 atom stereocenters. The van der Waals surface area contributed by atoms with Gasteiger partial charge >= 0.3 is 0 Å². The highest BCUT2D eigenvalue weighted by Crippen LogP contribution is 2.20. The van der Waals surface area contributed by atoms with E-state index in [0.29, 0.717) is 17.4 Å². The fraction of sp³-hybridized carbons (Fsp3) is 0.375. The Bertz CT molecular complexity index is 671. The molecule has 1 aromatic carbocycles. The molecule has 0 bridgehead atoms. The van der Waals surface area contributed by atoms with Gasteiger partial charge in [0.25, 0.3) is 0 Å². The van der Waals surface area contributed by atoms with E-state index in [1.807, 2.05) is 0 Å². The number of carbonyl (C=O) groups is 1. The van der Waals surface area contributed by atoms with Crippen LogP contribution in [0.25, 0.3) is 5.69 Å². The molecule has 122 valence electrons. The molecule has 3 rings (SSSR count). The summed E-state index contributed by atoms with van der Waals surface area (Å²) in [5.74, 6) is -0.0975. The highest BCUT2D eigenvalue weighted by Gasteiger charge is 2.16. The van der Waals surface area contributed by atoms with Crippen LogP contribution in [0.5, 0.6) is 0 Å². The van der Waals surface area contributed by atoms with E-state index < -0.39 is 0 Å². The van der Waals surface area contributed by atoms with Crippen molar-refractivity contribution in [2.24, 2.45) is 0 Å². The van der Waals surface area contributed by atoms with Gasteiger partial charge < -0.3 is 10.1 Å². The van der Waals surface area contributed by atoms with Gasteiger partial charge in [0.2, 0.25) is 5.91 Å². The first-order valence-corrected chi connectivity index (χ1v) is 8.51. The molecule has 0 saturated carbocycles. The van der Waals surface area contributed by atoms with Crippen LogP contribution in [0.2, 0.25) is 0 Å². The van der Waals surface area contributed by atoms with E-state index in [4.69, 9.17) is 4.74 Å². The molecular weight excluding hydrogens is 317 g/mol. The number of imidazole rings is 1. The molecule has 1 unspecified atom stereocenters. The second-order valence-corrected chi connectivity index (χ2v) is 6.23. The van der Waals surface area contributed by atoms with Crippen molar-refractivity contribution >= 4 is 17.7 Å². The number of nitrogens with one attached hydrogen (secondary N) is 1. The molecule has 1 N–H and O–H groups in total. The van der Waals surface area contributed by atoms with Gasteiger partial charge in [-0.15, -0.1) is 0 Å². The van der Waals surface area contributed by atoms with E-state index in [1.165, 1.54) is 23.9 Å². The maximum atomic E-state index is 13.3. The van der Waals surface area contributed by atoms with E-state index >= 15 is 0 Å². The molecule has 23 heavy (non-hydrogen) atoms. The normalized spacial score (nSPS) is 17.3. The van der Waals surface area contributed by atoms with Gasteiger partial charge in [0.05, 0.1) is 17.5 Å². The maximum Gasteiger partial charge on any atom is 0.230 e. The highest BCUT2D eigenvalue weighted by molar-refractivity contribution is 7.99. The lowest BCUT2D eigenvalue weighted by molar-refractivity contribution is -0.119. The number of halogens is 1. The van der Waals surface area contributed by atoms with Crippen molar-refractivity contribution in [3.8, 4) is 5.69 Å². The number of benzene rings is 1. The molecule has 1 aromatic heterocycles. The van der Waals surface area contributed by atoms with Crippen LogP contribution >= 0.6 is 11.8 Å². The van der Waals surface area contributed by atoms with Crippen LogP contribution in [0, 0.1) is 5.82 Å². The Morgan fingerprint density at radius 2 is 2.43 bits per heavy atom. The topological polar surface area (TPSA) is 56.2 Å². The predicted molar refractivity (Wildman–Crippen MR) is 86.2 cm³/mol. The minimum atomic E-state index is -0.304. The number of amides is 1. The van der Waals surface area contributed by atoms with Crippen LogP contribution in [0.1, 0.15) is 12.8 Å². The number of thioether (sulfide) groups is 1. The lowest BCUT2D eigenvalue weighted by atomic mass is 10.2. The Hall–Kier alpha value is -1.86. The van der Waals surface area contributed by atoms with Crippen molar-refractivity contribution in [1.29, 1.82) is 0 Å². The molecule has 1 aliphatic heterocycles. The lowest BCUT2D eigenvalue weighted by Gasteiger charge is -2.11. The average molecular weight is 335 g/mol. The summed E-state index contributed by atoms with van der Waals surface area (Å²) in [7, 11) is 0. The summed E-state index contributed by atoms with van der Waals surface area (Å²) in [6, 6.07) is 6.27. The number of hydrogen-bond donors (Lipinski definition) is 1. The quantitative estimate of drug-likeness (QED) is 0.824. The van der Waals surface area contributed by atoms with E-state index in [1.54, 1.807) is 29.1 Å². The van der Waals surface area contributed by atoms with Gasteiger partial charge in [-0.2, -0.15) is 0 Å². The molecular formula is C16H18FN3O2S. The Morgan fingerprint density at radius 1 is 1.52 bits per heavy atom. The van der Waals surface area contributed by atoms with Crippen molar-refractivity contribution < 1.29 is 13.9 Å². The molecule has 5 nitrogen and oxygen atoms in total. The van der Waals surface area contributed by atoms with Crippen LogP contribution in [0.15, 0.2) is 41.8 Å². The second kappa shape index (κ2) is 7.61. The standard InChI is InChI=1S/C16H18FN3O2S/c17-12-3-1-4-13(9-12)20-7-6-18-16(20)23-11-15(21)19-10-14-5-2-8-22-14/h1,3-4,6-7,9,14H,2,5,8,10-11H2,(H,19,21). The molecule has 0 spiro atoms. The molecule has 1 amide bonds. The summed E-state index contributed by atoms with van der Waals surface area (Å²) >= 11 is 1.32. The zero-order valence-corrected chi connectivity index (χ0v) is 13.4. The first-order chi connectivity index (χ1) is 11.2. The van der Waals surface area contributed by atoms with E-state index in [0.717, 1.165) is 19.4 Å². The summed E-state index contributed by atoms with van der Waals surface area (Å²) in [4.78, 5) is 16.1. The predicted octanol–water partition coefficient (Wildman–Crippen LogP) is 2.40. The van der Waals surface area contributed by atoms with Crippen molar-refractivity contribution in [1.82, 2.24) is 14.9 Å². The fourth-order valence-electron chi connectivity index (χ4n) is 2.43. The van der Waals surface area contributed by atoms with Gasteiger partial charge in [-0.3, -0.25) is 9.36 Å². The number of hydrogen-bond acceptors (Lipinski definition) is 4. The second-order valence-electron chi connectivity index (χ2n) is 5.29. The molecule has 2 heterocycles. The number of aromatic nitrogens is 2. The van der Waals surface area contributed by atoms with Gasteiger partial charge in [-0.25, -0.2) is 9.37 Å². The summed E-state index contributed by atoms with van der Waals surface area (Å²) in [5, 5.41) is 3.53. The molecule has 0 radical (unpaired) electrons. The average Bonchev–Trinajstić information content (AvgIpc) is 3.22. The van der Waals surface area contributed by atoms with Crippen molar-refractivity contribution in [2.75, 3.05) is 18.9 Å². The lowest BCUT2D eigenvalue weighted by Crippen LogP contribution is -2.32. The van der Waals surface area contributed by atoms with Crippen LogP contribution < -0.4 is 5.32 Å². The first-order valence-electron chi connectivity index (χ1n) is 7.53. The Kier molecular flexibility index (Phi) is 5.30. The smallest absolute Gasteiger partial charge is 0.230 e. The molecule has 7 heteroatoms. The molecule has 1 fully saturated rings. The summed E-state index contributed by atoms with van der Waals surface area (Å²) in [6.07, 6.45) is 5.58. The van der Waals surface area contributed by atoms with Crippen LogP contribution in [-0.4, -0.2) is 40.5 Å². The van der Waals surface area contributed by atoms with Crippen LogP contribution in [0.4, 0.5) is 4.39 Å². The minimum absolute atomic E-state index is 0.0562. The minimum Gasteiger partial charge on any atom is -0.376 e. The number of ether oxygens (including phenoxy) is 1. The van der Waals surface area contributed by atoms with E-state index in [-0.39, 0.29) is 23.6 Å². The SMILES string of the molecule is O=C(CSc1nccn1-c1cccc(F)c1)NCC1CCCO1. The van der Waals surface area contributed by atoms with E-state index in [9.17, 15) is 9.18 Å². The zero-order valence-electron chi connectivity index (χ0n) is 12.6.